The zero-order valence-electron chi connectivity index (χ0n) is 18.2. The molecule has 1 saturated heterocycles. The number of nitrogens with one attached hydrogen (secondary N) is 2. The second-order valence-corrected chi connectivity index (χ2v) is 9.39. The van der Waals surface area contributed by atoms with E-state index in [-0.39, 0.29) is 24.9 Å². The molecule has 2 N–H and O–H groups in total. The van der Waals surface area contributed by atoms with E-state index in [2.05, 4.69) is 15.7 Å². The molecule has 0 radical (unpaired) electrons. The molecule has 1 aliphatic rings. The first kappa shape index (κ1) is 22.1. The molecule has 4 aromatic rings. The SMILES string of the molecule is Cc1nn(Cc2ccccc2Cl)c2sc(C(=O)Nc3cccc(CN4C(=O)CNC4=O)c3)cc12. The molecule has 4 amide bonds. The average Bonchev–Trinajstić information content (AvgIpc) is 3.47. The third-order valence-electron chi connectivity index (χ3n) is 5.57. The van der Waals surface area contributed by atoms with Crippen LogP contribution in [-0.4, -0.2) is 39.1 Å². The minimum absolute atomic E-state index is 0.00845. The first-order valence-electron chi connectivity index (χ1n) is 10.6. The van der Waals surface area contributed by atoms with Crippen LogP contribution in [0, 0.1) is 6.92 Å². The predicted octanol–water partition coefficient (Wildman–Crippen LogP) is 4.41. The van der Waals surface area contributed by atoms with Gasteiger partial charge in [0.25, 0.3) is 5.91 Å². The van der Waals surface area contributed by atoms with E-state index in [1.165, 1.54) is 11.3 Å². The smallest absolute Gasteiger partial charge is 0.324 e. The molecule has 0 saturated carbocycles. The van der Waals surface area contributed by atoms with Crippen LogP contribution in [0.4, 0.5) is 10.5 Å². The maximum absolute atomic E-state index is 13.0. The number of rotatable bonds is 6. The Kier molecular flexibility index (Phi) is 5.80. The molecule has 0 spiro atoms. The molecule has 1 aliphatic heterocycles. The number of hydrogen-bond acceptors (Lipinski definition) is 5. The van der Waals surface area contributed by atoms with Gasteiger partial charge in [-0.15, -0.1) is 11.3 Å². The Balaban J connectivity index is 1.35. The van der Waals surface area contributed by atoms with Crippen LogP contribution in [0.25, 0.3) is 10.2 Å². The first-order valence-corrected chi connectivity index (χ1v) is 11.8. The highest BCUT2D eigenvalue weighted by Gasteiger charge is 2.28. The third kappa shape index (κ3) is 4.27. The quantitative estimate of drug-likeness (QED) is 0.389. The third-order valence-corrected chi connectivity index (χ3v) is 7.09. The lowest BCUT2D eigenvalue weighted by atomic mass is 10.2. The van der Waals surface area contributed by atoms with Gasteiger partial charge in [-0.1, -0.05) is 41.9 Å². The molecule has 0 aliphatic carbocycles. The van der Waals surface area contributed by atoms with Gasteiger partial charge in [0.05, 0.1) is 30.2 Å². The topological polar surface area (TPSA) is 96.3 Å². The van der Waals surface area contributed by atoms with Gasteiger partial charge in [-0.05, 0) is 42.3 Å². The zero-order chi connectivity index (χ0) is 23.8. The molecule has 0 unspecified atom stereocenters. The Morgan fingerprint density at radius 3 is 2.74 bits per heavy atom. The molecular weight excluding hydrogens is 474 g/mol. The summed E-state index contributed by atoms with van der Waals surface area (Å²) in [5.74, 6) is -0.511. The van der Waals surface area contributed by atoms with Crippen LogP contribution in [0.15, 0.2) is 54.6 Å². The van der Waals surface area contributed by atoms with Crippen molar-refractivity contribution in [1.82, 2.24) is 20.0 Å². The number of hydrogen-bond donors (Lipinski definition) is 2. The molecule has 0 bridgehead atoms. The average molecular weight is 494 g/mol. The van der Waals surface area contributed by atoms with E-state index in [0.717, 1.165) is 31.9 Å². The number of benzene rings is 2. The number of carbonyl (C=O) groups is 3. The molecule has 172 valence electrons. The fourth-order valence-corrected chi connectivity index (χ4v) is 5.11. The molecule has 2 aromatic carbocycles. The van der Waals surface area contributed by atoms with E-state index in [9.17, 15) is 14.4 Å². The molecule has 34 heavy (non-hydrogen) atoms. The Labute approximate surface area is 204 Å². The monoisotopic (exact) mass is 493 g/mol. The second-order valence-electron chi connectivity index (χ2n) is 7.96. The number of aromatic nitrogens is 2. The van der Waals surface area contributed by atoms with E-state index in [4.69, 9.17) is 11.6 Å². The standard InChI is InChI=1S/C24H20ClN5O3S/c1-14-18-10-20(34-23(18)30(28-14)13-16-6-2-3-8-19(16)25)22(32)27-17-7-4-5-15(9-17)12-29-21(31)11-26-24(29)33/h2-10H,11-13H2,1H3,(H,26,33)(H,27,32). The summed E-state index contributed by atoms with van der Waals surface area (Å²) in [4.78, 5) is 39.2. The largest absolute Gasteiger partial charge is 0.329 e. The van der Waals surface area contributed by atoms with Crippen LogP contribution >= 0.6 is 22.9 Å². The molecule has 1 fully saturated rings. The summed E-state index contributed by atoms with van der Waals surface area (Å²) in [7, 11) is 0. The summed E-state index contributed by atoms with van der Waals surface area (Å²) in [6.07, 6.45) is 0. The molecular formula is C24H20ClN5O3S. The van der Waals surface area contributed by atoms with Gasteiger partial charge in [0.15, 0.2) is 0 Å². The predicted molar refractivity (Wildman–Crippen MR) is 131 cm³/mol. The van der Waals surface area contributed by atoms with Crippen LogP contribution in [0.1, 0.15) is 26.5 Å². The van der Waals surface area contributed by atoms with Gasteiger partial charge in [0, 0.05) is 16.1 Å². The number of fused-ring (bicyclic) bond motifs is 1. The van der Waals surface area contributed by atoms with Crippen molar-refractivity contribution in [3.8, 4) is 0 Å². The molecule has 0 atom stereocenters. The van der Waals surface area contributed by atoms with Crippen molar-refractivity contribution in [3.63, 3.8) is 0 Å². The van der Waals surface area contributed by atoms with Gasteiger partial charge in [-0.2, -0.15) is 5.10 Å². The number of aryl methyl sites for hydroxylation is 1. The van der Waals surface area contributed by atoms with Crippen LogP contribution in [-0.2, 0) is 17.9 Å². The van der Waals surface area contributed by atoms with Crippen LogP contribution in [0.5, 0.6) is 0 Å². The maximum atomic E-state index is 13.0. The van der Waals surface area contributed by atoms with Gasteiger partial charge in [0.2, 0.25) is 5.91 Å². The summed E-state index contributed by atoms with van der Waals surface area (Å²) in [6, 6.07) is 16.2. The van der Waals surface area contributed by atoms with Crippen molar-refractivity contribution < 1.29 is 14.4 Å². The summed E-state index contributed by atoms with van der Waals surface area (Å²) in [5.41, 5.74) is 3.12. The summed E-state index contributed by atoms with van der Waals surface area (Å²) in [6.45, 7) is 2.58. The van der Waals surface area contributed by atoms with E-state index in [1.807, 2.05) is 41.9 Å². The van der Waals surface area contributed by atoms with Crippen LogP contribution in [0.3, 0.4) is 0 Å². The first-order chi connectivity index (χ1) is 16.4. The number of anilines is 1. The highest BCUT2D eigenvalue weighted by atomic mass is 35.5. The maximum Gasteiger partial charge on any atom is 0.324 e. The molecule has 3 heterocycles. The number of carbonyl (C=O) groups excluding carboxylic acids is 3. The lowest BCUT2D eigenvalue weighted by Crippen LogP contribution is -2.30. The Morgan fingerprint density at radius 2 is 1.97 bits per heavy atom. The number of imide groups is 1. The molecule has 5 rings (SSSR count). The Morgan fingerprint density at radius 1 is 1.15 bits per heavy atom. The summed E-state index contributed by atoms with van der Waals surface area (Å²) >= 11 is 7.68. The van der Waals surface area contributed by atoms with Crippen LogP contribution < -0.4 is 10.6 Å². The molecule has 2 aromatic heterocycles. The van der Waals surface area contributed by atoms with Gasteiger partial charge >= 0.3 is 6.03 Å². The van der Waals surface area contributed by atoms with E-state index >= 15 is 0 Å². The minimum Gasteiger partial charge on any atom is -0.329 e. The lowest BCUT2D eigenvalue weighted by Gasteiger charge is -2.13. The van der Waals surface area contributed by atoms with Crippen molar-refractivity contribution in [2.45, 2.75) is 20.0 Å². The van der Waals surface area contributed by atoms with Gasteiger partial charge in [0.1, 0.15) is 4.83 Å². The van der Waals surface area contributed by atoms with Crippen molar-refractivity contribution >= 4 is 56.7 Å². The fraction of sp³-hybridized carbons (Fsp3) is 0.167. The molecule has 10 heteroatoms. The number of amides is 4. The van der Waals surface area contributed by atoms with Crippen molar-refractivity contribution in [2.75, 3.05) is 11.9 Å². The molecule has 8 nitrogen and oxygen atoms in total. The fourth-order valence-electron chi connectivity index (χ4n) is 3.86. The zero-order valence-corrected chi connectivity index (χ0v) is 19.7. The number of nitrogens with zero attached hydrogens (tertiary/aromatic N) is 3. The number of thiophene rings is 1. The van der Waals surface area contributed by atoms with Gasteiger partial charge < -0.3 is 10.6 Å². The number of halogens is 1. The Bertz CT molecular complexity index is 1430. The van der Waals surface area contributed by atoms with Crippen molar-refractivity contribution in [1.29, 1.82) is 0 Å². The van der Waals surface area contributed by atoms with Crippen molar-refractivity contribution in [2.24, 2.45) is 0 Å². The normalized spacial score (nSPS) is 13.5. The minimum atomic E-state index is -0.411. The van der Waals surface area contributed by atoms with E-state index in [1.54, 1.807) is 24.3 Å². The van der Waals surface area contributed by atoms with Gasteiger partial charge in [-0.3, -0.25) is 19.2 Å². The highest BCUT2D eigenvalue weighted by molar-refractivity contribution is 7.20. The number of urea groups is 1. The van der Waals surface area contributed by atoms with Crippen LogP contribution in [0.2, 0.25) is 5.02 Å². The summed E-state index contributed by atoms with van der Waals surface area (Å²) in [5, 5.41) is 11.6. The summed E-state index contributed by atoms with van der Waals surface area (Å²) < 4.78 is 1.87. The lowest BCUT2D eigenvalue weighted by molar-refractivity contribution is -0.125. The van der Waals surface area contributed by atoms with Gasteiger partial charge in [-0.25, -0.2) is 4.79 Å². The van der Waals surface area contributed by atoms with Crippen molar-refractivity contribution in [3.05, 3.63) is 81.3 Å². The van der Waals surface area contributed by atoms with E-state index in [0.29, 0.717) is 22.1 Å². The second kappa shape index (κ2) is 8.92. The Hall–Kier alpha value is -3.69. The highest BCUT2D eigenvalue weighted by Crippen LogP contribution is 2.30. The van der Waals surface area contributed by atoms with E-state index < -0.39 is 6.03 Å².